The van der Waals surface area contributed by atoms with E-state index in [4.69, 9.17) is 5.11 Å². The number of esters is 1. The van der Waals surface area contributed by atoms with Gasteiger partial charge in [0.1, 0.15) is 6.61 Å². The van der Waals surface area contributed by atoms with E-state index >= 15 is 0 Å². The van der Waals surface area contributed by atoms with Crippen LogP contribution >= 0.6 is 0 Å². The minimum Gasteiger partial charge on any atom is -0.463 e. The lowest BCUT2D eigenvalue weighted by Gasteiger charge is -2.06. The van der Waals surface area contributed by atoms with Crippen LogP contribution < -0.4 is 0 Å². The summed E-state index contributed by atoms with van der Waals surface area (Å²) in [6.45, 7) is 3.75. The Kier molecular flexibility index (Phi) is 4.94. The van der Waals surface area contributed by atoms with E-state index in [0.717, 1.165) is 6.42 Å². The Morgan fingerprint density at radius 3 is 2.70 bits per heavy atom. The van der Waals surface area contributed by atoms with Crippen LogP contribution in [-0.2, 0) is 9.53 Å². The van der Waals surface area contributed by atoms with Gasteiger partial charge in [-0.25, -0.2) is 0 Å². The van der Waals surface area contributed by atoms with Gasteiger partial charge in [-0.1, -0.05) is 13.8 Å². The molecule has 60 valence electrons. The van der Waals surface area contributed by atoms with Crippen LogP contribution in [0.15, 0.2) is 0 Å². The van der Waals surface area contributed by atoms with E-state index in [1.165, 1.54) is 0 Å². The number of aliphatic hydroxyl groups excluding tert-OH is 1. The van der Waals surface area contributed by atoms with Gasteiger partial charge < -0.3 is 9.84 Å². The maximum atomic E-state index is 10.8. The maximum absolute atomic E-state index is 10.8. The lowest BCUT2D eigenvalue weighted by atomic mass is 10.1. The van der Waals surface area contributed by atoms with Crippen LogP contribution in [0.2, 0.25) is 0 Å². The number of hydrogen-bond donors (Lipinski definition) is 1. The summed E-state index contributed by atoms with van der Waals surface area (Å²) in [6.07, 6.45) is 0.782. The van der Waals surface area contributed by atoms with Crippen molar-refractivity contribution in [2.75, 3.05) is 13.2 Å². The van der Waals surface area contributed by atoms with Crippen molar-refractivity contribution in [1.29, 1.82) is 0 Å². The molecule has 1 atom stereocenters. The van der Waals surface area contributed by atoms with Gasteiger partial charge in [0, 0.05) is 0 Å². The van der Waals surface area contributed by atoms with Crippen LogP contribution in [0, 0.1) is 5.92 Å². The third-order valence-electron chi connectivity index (χ3n) is 1.35. The molecule has 3 nitrogen and oxygen atoms in total. The first-order chi connectivity index (χ1) is 4.72. The molecule has 0 saturated carbocycles. The second kappa shape index (κ2) is 5.23. The fourth-order valence-electron chi connectivity index (χ4n) is 0.455. The highest BCUT2D eigenvalue weighted by atomic mass is 16.5. The minimum atomic E-state index is -0.225. The number of carbonyl (C=O) groups is 1. The Balaban J connectivity index is 3.42. The molecule has 0 aromatic rings. The summed E-state index contributed by atoms with van der Waals surface area (Å²) in [5, 5.41) is 8.29. The number of aliphatic hydroxyl groups is 1. The lowest BCUT2D eigenvalue weighted by Crippen LogP contribution is -2.15. The summed E-state index contributed by atoms with van der Waals surface area (Å²) >= 11 is 0. The predicted octanol–water partition coefficient (Wildman–Crippen LogP) is 0.568. The largest absolute Gasteiger partial charge is 0.463 e. The van der Waals surface area contributed by atoms with E-state index in [2.05, 4.69) is 4.74 Å². The van der Waals surface area contributed by atoms with Crippen LogP contribution in [0.1, 0.15) is 20.3 Å². The highest BCUT2D eigenvalue weighted by Crippen LogP contribution is 2.02. The zero-order valence-corrected chi connectivity index (χ0v) is 6.46. The highest BCUT2D eigenvalue weighted by Gasteiger charge is 2.10. The van der Waals surface area contributed by atoms with E-state index in [0.29, 0.717) is 0 Å². The molecule has 0 aromatic carbocycles. The smallest absolute Gasteiger partial charge is 0.308 e. The monoisotopic (exact) mass is 146 g/mol. The summed E-state index contributed by atoms with van der Waals surface area (Å²) in [4.78, 5) is 10.8. The Bertz CT molecular complexity index is 101. The molecule has 1 N–H and O–H groups in total. The van der Waals surface area contributed by atoms with Crippen molar-refractivity contribution in [2.45, 2.75) is 20.3 Å². The molecule has 0 aliphatic carbocycles. The SMILES string of the molecule is CCC(C)C(=O)OCCO. The van der Waals surface area contributed by atoms with E-state index in [-0.39, 0.29) is 25.1 Å². The fourth-order valence-corrected chi connectivity index (χ4v) is 0.455. The summed E-state index contributed by atoms with van der Waals surface area (Å²) in [7, 11) is 0. The quantitative estimate of drug-likeness (QED) is 0.590. The summed E-state index contributed by atoms with van der Waals surface area (Å²) in [5.41, 5.74) is 0. The van der Waals surface area contributed by atoms with Gasteiger partial charge in [0.2, 0.25) is 0 Å². The Morgan fingerprint density at radius 2 is 2.30 bits per heavy atom. The molecule has 0 aliphatic heterocycles. The first kappa shape index (κ1) is 9.43. The average Bonchev–Trinajstić information content (AvgIpc) is 1.98. The van der Waals surface area contributed by atoms with Crippen molar-refractivity contribution in [3.63, 3.8) is 0 Å². The molecule has 10 heavy (non-hydrogen) atoms. The zero-order chi connectivity index (χ0) is 7.98. The van der Waals surface area contributed by atoms with Crippen molar-refractivity contribution < 1.29 is 14.6 Å². The van der Waals surface area contributed by atoms with E-state index < -0.39 is 0 Å². The van der Waals surface area contributed by atoms with Gasteiger partial charge in [0.25, 0.3) is 0 Å². The molecule has 0 aromatic heterocycles. The van der Waals surface area contributed by atoms with Gasteiger partial charge in [-0.05, 0) is 6.42 Å². The molecule has 0 radical (unpaired) electrons. The van der Waals surface area contributed by atoms with Gasteiger partial charge in [-0.15, -0.1) is 0 Å². The molecular weight excluding hydrogens is 132 g/mol. The summed E-state index contributed by atoms with van der Waals surface area (Å²) < 4.78 is 4.65. The Labute approximate surface area is 61.0 Å². The normalized spacial score (nSPS) is 12.7. The van der Waals surface area contributed by atoms with Crippen molar-refractivity contribution in [2.24, 2.45) is 5.92 Å². The summed E-state index contributed by atoms with van der Waals surface area (Å²) in [5.74, 6) is -0.275. The molecule has 0 spiro atoms. The molecule has 3 heteroatoms. The number of ether oxygens (including phenoxy) is 1. The van der Waals surface area contributed by atoms with Crippen LogP contribution in [0.25, 0.3) is 0 Å². The standard InChI is InChI=1S/C7H14O3/c1-3-6(2)7(9)10-5-4-8/h6,8H,3-5H2,1-2H3. The first-order valence-electron chi connectivity index (χ1n) is 3.49. The fraction of sp³-hybridized carbons (Fsp3) is 0.857. The zero-order valence-electron chi connectivity index (χ0n) is 6.46. The van der Waals surface area contributed by atoms with E-state index in [1.807, 2.05) is 6.92 Å². The van der Waals surface area contributed by atoms with Gasteiger partial charge in [-0.2, -0.15) is 0 Å². The number of rotatable bonds is 4. The molecule has 0 saturated heterocycles. The van der Waals surface area contributed by atoms with Crippen LogP contribution in [-0.4, -0.2) is 24.3 Å². The van der Waals surface area contributed by atoms with Gasteiger partial charge >= 0.3 is 5.97 Å². The number of hydrogen-bond acceptors (Lipinski definition) is 3. The van der Waals surface area contributed by atoms with Crippen molar-refractivity contribution in [3.05, 3.63) is 0 Å². The van der Waals surface area contributed by atoms with Crippen LogP contribution in [0.3, 0.4) is 0 Å². The second-order valence-electron chi connectivity index (χ2n) is 2.20. The predicted molar refractivity (Wildman–Crippen MR) is 37.5 cm³/mol. The molecule has 0 amide bonds. The average molecular weight is 146 g/mol. The highest BCUT2D eigenvalue weighted by molar-refractivity contribution is 5.71. The van der Waals surface area contributed by atoms with Crippen molar-refractivity contribution >= 4 is 5.97 Å². The third kappa shape index (κ3) is 3.45. The number of carbonyl (C=O) groups excluding carboxylic acids is 1. The topological polar surface area (TPSA) is 46.5 Å². The summed E-state index contributed by atoms with van der Waals surface area (Å²) in [6, 6.07) is 0. The third-order valence-corrected chi connectivity index (χ3v) is 1.35. The molecule has 0 heterocycles. The molecule has 0 aliphatic rings. The van der Waals surface area contributed by atoms with Crippen LogP contribution in [0.4, 0.5) is 0 Å². The van der Waals surface area contributed by atoms with Crippen molar-refractivity contribution in [3.8, 4) is 0 Å². The second-order valence-corrected chi connectivity index (χ2v) is 2.20. The first-order valence-corrected chi connectivity index (χ1v) is 3.49. The molecule has 0 fully saturated rings. The Hall–Kier alpha value is -0.570. The van der Waals surface area contributed by atoms with Gasteiger partial charge in [0.15, 0.2) is 0 Å². The minimum absolute atomic E-state index is 0.0495. The van der Waals surface area contributed by atoms with Gasteiger partial charge in [0.05, 0.1) is 12.5 Å². The van der Waals surface area contributed by atoms with E-state index in [1.54, 1.807) is 6.92 Å². The lowest BCUT2D eigenvalue weighted by molar-refractivity contribution is -0.148. The van der Waals surface area contributed by atoms with E-state index in [9.17, 15) is 4.79 Å². The maximum Gasteiger partial charge on any atom is 0.308 e. The molecular formula is C7H14O3. The van der Waals surface area contributed by atoms with Gasteiger partial charge in [-0.3, -0.25) is 4.79 Å². The van der Waals surface area contributed by atoms with Crippen LogP contribution in [0.5, 0.6) is 0 Å². The van der Waals surface area contributed by atoms with Crippen molar-refractivity contribution in [1.82, 2.24) is 0 Å². The Morgan fingerprint density at radius 1 is 1.70 bits per heavy atom. The molecule has 0 bridgehead atoms. The molecule has 1 unspecified atom stereocenters. The molecule has 0 rings (SSSR count).